The molecule has 0 unspecified atom stereocenters. The van der Waals surface area contributed by atoms with Gasteiger partial charge in [0.2, 0.25) is 0 Å². The summed E-state index contributed by atoms with van der Waals surface area (Å²) < 4.78 is 0. The molecule has 1 N–H and O–H groups in total. The molecule has 1 aromatic heterocycles. The highest BCUT2D eigenvalue weighted by molar-refractivity contribution is 7.16. The first-order valence-electron chi connectivity index (χ1n) is 10.5. The molecule has 4 rings (SSSR count). The molecule has 2 aromatic carbocycles. The number of amides is 1. The number of fused-ring (bicyclic) bond motifs is 1. The zero-order valence-corrected chi connectivity index (χ0v) is 17.8. The summed E-state index contributed by atoms with van der Waals surface area (Å²) in [6.45, 7) is 0.629. The van der Waals surface area contributed by atoms with Crippen LogP contribution in [0.5, 0.6) is 0 Å². The van der Waals surface area contributed by atoms with E-state index in [9.17, 15) is 4.79 Å². The van der Waals surface area contributed by atoms with Crippen LogP contribution in [0.25, 0.3) is 6.08 Å². The Morgan fingerprint density at radius 1 is 1.00 bits per heavy atom. The van der Waals surface area contributed by atoms with Crippen molar-refractivity contribution in [2.45, 2.75) is 32.1 Å². The molecule has 1 heterocycles. The van der Waals surface area contributed by atoms with E-state index in [-0.39, 0.29) is 5.91 Å². The summed E-state index contributed by atoms with van der Waals surface area (Å²) in [5.41, 5.74) is 4.36. The normalized spacial score (nSPS) is 13.6. The standard InChI is InChI=1S/C26H26N2OS/c29-25(27-19-17-21-12-5-2-6-13-21)24-22-15-7-8-16-23(22)30-26(24)28-18-9-14-20-10-3-1-4-11-20/h1-6,9-14,18H,7-8,15-17,19H2,(H,27,29). The number of nitrogens with one attached hydrogen (secondary N) is 1. The van der Waals surface area contributed by atoms with Gasteiger partial charge in [0, 0.05) is 17.6 Å². The Labute approximate surface area is 182 Å². The van der Waals surface area contributed by atoms with Crippen LogP contribution in [0.2, 0.25) is 0 Å². The molecule has 0 saturated carbocycles. The number of rotatable bonds is 7. The molecule has 152 valence electrons. The minimum Gasteiger partial charge on any atom is -0.352 e. The minimum atomic E-state index is 0.00419. The molecule has 1 aliphatic carbocycles. The molecule has 30 heavy (non-hydrogen) atoms. The molecule has 4 heteroatoms. The van der Waals surface area contributed by atoms with Crippen molar-refractivity contribution in [2.75, 3.05) is 6.54 Å². The Balaban J connectivity index is 1.48. The Morgan fingerprint density at radius 2 is 1.73 bits per heavy atom. The van der Waals surface area contributed by atoms with E-state index in [0.717, 1.165) is 41.8 Å². The van der Waals surface area contributed by atoms with Crippen molar-refractivity contribution in [3.05, 3.63) is 93.9 Å². The number of aryl methyl sites for hydroxylation is 1. The number of hydrogen-bond acceptors (Lipinski definition) is 3. The highest BCUT2D eigenvalue weighted by Gasteiger charge is 2.24. The molecule has 0 bridgehead atoms. The third-order valence-electron chi connectivity index (χ3n) is 5.29. The van der Waals surface area contributed by atoms with E-state index in [1.165, 1.54) is 22.4 Å². The maximum absolute atomic E-state index is 13.0. The highest BCUT2D eigenvalue weighted by Crippen LogP contribution is 2.39. The number of nitrogens with zero attached hydrogens (tertiary/aromatic N) is 1. The van der Waals surface area contributed by atoms with E-state index in [0.29, 0.717) is 6.54 Å². The van der Waals surface area contributed by atoms with Crippen LogP contribution >= 0.6 is 11.3 Å². The van der Waals surface area contributed by atoms with Crippen LogP contribution in [0.1, 0.15) is 44.8 Å². The minimum absolute atomic E-state index is 0.00419. The largest absolute Gasteiger partial charge is 0.352 e. The van der Waals surface area contributed by atoms with Gasteiger partial charge in [-0.25, -0.2) is 4.99 Å². The predicted molar refractivity (Wildman–Crippen MR) is 127 cm³/mol. The summed E-state index contributed by atoms with van der Waals surface area (Å²) in [4.78, 5) is 19.0. The molecule has 3 nitrogen and oxygen atoms in total. The molecular weight excluding hydrogens is 388 g/mol. The van der Waals surface area contributed by atoms with Gasteiger partial charge in [0.05, 0.1) is 5.56 Å². The van der Waals surface area contributed by atoms with E-state index < -0.39 is 0 Å². The van der Waals surface area contributed by atoms with Crippen LogP contribution in [0.15, 0.2) is 71.7 Å². The first-order valence-corrected chi connectivity index (χ1v) is 11.4. The van der Waals surface area contributed by atoms with Crippen LogP contribution in [0, 0.1) is 0 Å². The van der Waals surface area contributed by atoms with Gasteiger partial charge in [0.25, 0.3) is 5.91 Å². The predicted octanol–water partition coefficient (Wildman–Crippen LogP) is 6.02. The second-order valence-electron chi connectivity index (χ2n) is 7.43. The number of aliphatic imine (C=N–C) groups is 1. The lowest BCUT2D eigenvalue weighted by molar-refractivity contribution is 0.0954. The van der Waals surface area contributed by atoms with Gasteiger partial charge in [0.1, 0.15) is 5.00 Å². The summed E-state index contributed by atoms with van der Waals surface area (Å²) in [6, 6.07) is 20.4. The molecule has 0 radical (unpaired) electrons. The SMILES string of the molecule is O=C(NCCc1ccccc1)c1c(N=CC=Cc2ccccc2)sc2c1CCCC2. The van der Waals surface area contributed by atoms with Crippen LogP contribution in [-0.4, -0.2) is 18.7 Å². The fourth-order valence-electron chi connectivity index (χ4n) is 3.76. The summed E-state index contributed by atoms with van der Waals surface area (Å²) in [6.07, 6.45) is 11.0. The zero-order valence-electron chi connectivity index (χ0n) is 17.0. The van der Waals surface area contributed by atoms with Gasteiger partial charge in [-0.2, -0.15) is 0 Å². The van der Waals surface area contributed by atoms with Gasteiger partial charge in [-0.1, -0.05) is 66.7 Å². The fourth-order valence-corrected chi connectivity index (χ4v) is 5.00. The third kappa shape index (κ3) is 5.14. The Kier molecular flexibility index (Phi) is 6.88. The van der Waals surface area contributed by atoms with Crippen LogP contribution in [-0.2, 0) is 19.3 Å². The van der Waals surface area contributed by atoms with Gasteiger partial charge in [-0.3, -0.25) is 4.79 Å². The molecule has 0 spiro atoms. The molecule has 0 aliphatic heterocycles. The Morgan fingerprint density at radius 3 is 2.53 bits per heavy atom. The zero-order chi connectivity index (χ0) is 20.6. The quantitative estimate of drug-likeness (QED) is 0.472. The van der Waals surface area contributed by atoms with Crippen LogP contribution < -0.4 is 5.32 Å². The molecule has 1 amide bonds. The topological polar surface area (TPSA) is 41.5 Å². The van der Waals surface area contributed by atoms with Crippen molar-refractivity contribution in [3.63, 3.8) is 0 Å². The van der Waals surface area contributed by atoms with Gasteiger partial charge in [-0.15, -0.1) is 11.3 Å². The molecule has 1 aliphatic rings. The van der Waals surface area contributed by atoms with Crippen molar-refractivity contribution >= 4 is 34.5 Å². The van der Waals surface area contributed by atoms with E-state index in [2.05, 4.69) is 34.6 Å². The number of hydrogen-bond donors (Lipinski definition) is 1. The van der Waals surface area contributed by atoms with Gasteiger partial charge in [0.15, 0.2) is 0 Å². The van der Waals surface area contributed by atoms with Gasteiger partial charge < -0.3 is 5.32 Å². The van der Waals surface area contributed by atoms with Gasteiger partial charge >= 0.3 is 0 Å². The summed E-state index contributed by atoms with van der Waals surface area (Å²) in [7, 11) is 0. The molecule has 3 aromatic rings. The van der Waals surface area contributed by atoms with E-state index >= 15 is 0 Å². The average Bonchev–Trinajstić information content (AvgIpc) is 3.16. The summed E-state index contributed by atoms with van der Waals surface area (Å²) in [5.74, 6) is 0.00419. The maximum atomic E-state index is 13.0. The summed E-state index contributed by atoms with van der Waals surface area (Å²) >= 11 is 1.67. The lowest BCUT2D eigenvalue weighted by atomic mass is 9.95. The lowest BCUT2D eigenvalue weighted by Crippen LogP contribution is -2.26. The van der Waals surface area contributed by atoms with Crippen molar-refractivity contribution in [2.24, 2.45) is 4.99 Å². The Bertz CT molecular complexity index is 1040. The van der Waals surface area contributed by atoms with Crippen LogP contribution in [0.4, 0.5) is 5.00 Å². The first kappa shape index (κ1) is 20.3. The number of carbonyl (C=O) groups excluding carboxylic acids is 1. The van der Waals surface area contributed by atoms with Crippen molar-refractivity contribution < 1.29 is 4.79 Å². The molecule has 0 fully saturated rings. The lowest BCUT2D eigenvalue weighted by Gasteiger charge is -2.12. The van der Waals surface area contributed by atoms with Gasteiger partial charge in [-0.05, 0) is 54.9 Å². The van der Waals surface area contributed by atoms with E-state index in [4.69, 9.17) is 0 Å². The average molecular weight is 415 g/mol. The first-order chi connectivity index (χ1) is 14.8. The van der Waals surface area contributed by atoms with Crippen molar-refractivity contribution in [3.8, 4) is 0 Å². The number of allylic oxidation sites excluding steroid dienone is 1. The monoisotopic (exact) mass is 414 g/mol. The highest BCUT2D eigenvalue weighted by atomic mass is 32.1. The van der Waals surface area contributed by atoms with Crippen molar-refractivity contribution in [1.82, 2.24) is 5.32 Å². The second kappa shape index (κ2) is 10.2. The van der Waals surface area contributed by atoms with E-state index in [1.807, 2.05) is 48.6 Å². The third-order valence-corrected chi connectivity index (χ3v) is 6.49. The molecule has 0 saturated heterocycles. The maximum Gasteiger partial charge on any atom is 0.254 e. The Hall–Kier alpha value is -2.98. The molecular formula is C26H26N2OS. The summed E-state index contributed by atoms with van der Waals surface area (Å²) in [5, 5.41) is 3.95. The van der Waals surface area contributed by atoms with E-state index in [1.54, 1.807) is 17.6 Å². The number of benzene rings is 2. The smallest absolute Gasteiger partial charge is 0.254 e. The van der Waals surface area contributed by atoms with Crippen molar-refractivity contribution in [1.29, 1.82) is 0 Å². The second-order valence-corrected chi connectivity index (χ2v) is 8.51. The number of carbonyl (C=O) groups is 1. The van der Waals surface area contributed by atoms with Crippen LogP contribution in [0.3, 0.4) is 0 Å². The number of thiophene rings is 1. The fraction of sp³-hybridized carbons (Fsp3) is 0.231. The molecule has 0 atom stereocenters.